The van der Waals surface area contributed by atoms with E-state index in [-0.39, 0.29) is 57.0 Å². The fraction of sp³-hybridized carbons (Fsp3) is 0.211. The molecule has 0 aliphatic rings. The number of rotatable bonds is 10. The Morgan fingerprint density at radius 3 is 1.04 bits per heavy atom. The van der Waals surface area contributed by atoms with Crippen molar-refractivity contribution < 1.29 is 48.0 Å². The quantitative estimate of drug-likeness (QED) is 0.100. The molecule has 4 rings (SSSR count). The van der Waals surface area contributed by atoms with Gasteiger partial charge in [-0.15, -0.1) is 0 Å². The highest BCUT2D eigenvalue weighted by atomic mass is 17.2. The molecule has 0 radical (unpaired) electrons. The zero-order valence-corrected chi connectivity index (χ0v) is 28.4. The third kappa shape index (κ3) is 8.40. The number of para-hydroxylation sites is 2. The first-order chi connectivity index (χ1) is 23.8. The molecule has 0 atom stereocenters. The Balaban J connectivity index is 1.54. The highest BCUT2D eigenvalue weighted by Crippen LogP contribution is 2.26. The number of benzene rings is 4. The van der Waals surface area contributed by atoms with Crippen molar-refractivity contribution in [1.82, 2.24) is 9.80 Å². The Kier molecular flexibility index (Phi) is 11.8. The predicted octanol–water partition coefficient (Wildman–Crippen LogP) is 6.76. The monoisotopic (exact) mass is 680 g/mol. The van der Waals surface area contributed by atoms with Crippen molar-refractivity contribution in [2.45, 2.75) is 39.8 Å². The highest BCUT2D eigenvalue weighted by molar-refractivity contribution is 6.17. The van der Waals surface area contributed by atoms with Gasteiger partial charge in [0.25, 0.3) is 0 Å². The summed E-state index contributed by atoms with van der Waals surface area (Å²) in [5.74, 6) is -3.70. The van der Waals surface area contributed by atoms with E-state index in [0.29, 0.717) is 0 Å². The number of ketones is 2. The topological polar surface area (TPSA) is 146 Å². The van der Waals surface area contributed by atoms with Crippen LogP contribution in [0.1, 0.15) is 80.3 Å². The summed E-state index contributed by atoms with van der Waals surface area (Å²) >= 11 is 0. The molecule has 0 spiro atoms. The fourth-order valence-corrected chi connectivity index (χ4v) is 4.41. The van der Waals surface area contributed by atoms with Gasteiger partial charge >= 0.3 is 24.1 Å². The van der Waals surface area contributed by atoms with Crippen LogP contribution < -0.4 is 9.47 Å². The lowest BCUT2D eigenvalue weighted by Gasteiger charge is -2.21. The van der Waals surface area contributed by atoms with Crippen molar-refractivity contribution in [1.29, 1.82) is 0 Å². The standard InChI is InChI=1S/C38H36N2O10/c1-23(2)39(5)37(45)47-31-21-13-11-19-29(31)33(41)25-15-7-9-17-27(25)35(43)49-50-36(44)28-18-10-8-16-26(28)34(42)30-20-12-14-22-32(30)48-38(46)40(6)24(3)4/h7-24H,1-6H3. The summed E-state index contributed by atoms with van der Waals surface area (Å²) in [6, 6.07) is 23.2. The lowest BCUT2D eigenvalue weighted by atomic mass is 9.97. The second-order valence-corrected chi connectivity index (χ2v) is 11.6. The molecule has 0 aromatic heterocycles. The van der Waals surface area contributed by atoms with Crippen LogP contribution in [0.4, 0.5) is 9.59 Å². The summed E-state index contributed by atoms with van der Waals surface area (Å²) in [5.41, 5.74) is -0.693. The number of amides is 2. The fourth-order valence-electron chi connectivity index (χ4n) is 4.41. The molecule has 50 heavy (non-hydrogen) atoms. The molecule has 2 amide bonds. The second-order valence-electron chi connectivity index (χ2n) is 11.6. The van der Waals surface area contributed by atoms with E-state index in [1.807, 2.05) is 0 Å². The molecule has 0 aliphatic carbocycles. The van der Waals surface area contributed by atoms with E-state index < -0.39 is 35.7 Å². The van der Waals surface area contributed by atoms with E-state index >= 15 is 0 Å². The van der Waals surface area contributed by atoms with E-state index in [4.69, 9.17) is 19.2 Å². The van der Waals surface area contributed by atoms with Crippen LogP contribution in [-0.2, 0) is 9.78 Å². The molecule has 0 N–H and O–H groups in total. The minimum absolute atomic E-state index is 0.00417. The summed E-state index contributed by atoms with van der Waals surface area (Å²) in [6.07, 6.45) is -1.36. The van der Waals surface area contributed by atoms with Gasteiger partial charge < -0.3 is 19.3 Å². The summed E-state index contributed by atoms with van der Waals surface area (Å²) in [7, 11) is 3.11. The van der Waals surface area contributed by atoms with Crippen molar-refractivity contribution in [3.63, 3.8) is 0 Å². The zero-order chi connectivity index (χ0) is 36.5. The Bertz CT molecular complexity index is 1800. The predicted molar refractivity (Wildman–Crippen MR) is 181 cm³/mol. The molecular formula is C38H36N2O10. The average Bonchev–Trinajstić information content (AvgIpc) is 3.12. The summed E-state index contributed by atoms with van der Waals surface area (Å²) in [5, 5.41) is 0. The summed E-state index contributed by atoms with van der Waals surface area (Å²) in [6.45, 7) is 7.20. The molecule has 0 aliphatic heterocycles. The van der Waals surface area contributed by atoms with Gasteiger partial charge in [-0.25, -0.2) is 29.0 Å². The molecule has 12 nitrogen and oxygen atoms in total. The maximum Gasteiger partial charge on any atom is 0.415 e. The molecule has 0 heterocycles. The van der Waals surface area contributed by atoms with Gasteiger partial charge in [-0.3, -0.25) is 9.59 Å². The smallest absolute Gasteiger partial charge is 0.409 e. The summed E-state index contributed by atoms with van der Waals surface area (Å²) in [4.78, 5) is 91.3. The Morgan fingerprint density at radius 1 is 0.440 bits per heavy atom. The van der Waals surface area contributed by atoms with E-state index in [1.54, 1.807) is 66.1 Å². The van der Waals surface area contributed by atoms with Crippen LogP contribution in [0, 0.1) is 0 Å². The SMILES string of the molecule is CC(C)N(C)C(=O)Oc1ccccc1C(=O)c1ccccc1C(=O)OOC(=O)c1ccccc1C(=O)c1ccccc1OC(=O)N(C)C(C)C. The van der Waals surface area contributed by atoms with Crippen molar-refractivity contribution in [2.24, 2.45) is 0 Å². The molecular weight excluding hydrogens is 644 g/mol. The van der Waals surface area contributed by atoms with E-state index in [2.05, 4.69) is 0 Å². The van der Waals surface area contributed by atoms with Gasteiger partial charge in [0.2, 0.25) is 0 Å². The Labute approximate surface area is 289 Å². The first-order valence-corrected chi connectivity index (χ1v) is 15.6. The van der Waals surface area contributed by atoms with Crippen molar-refractivity contribution >= 4 is 35.7 Å². The average molecular weight is 681 g/mol. The van der Waals surface area contributed by atoms with Gasteiger partial charge in [-0.05, 0) is 64.1 Å². The van der Waals surface area contributed by atoms with Crippen LogP contribution in [-0.4, -0.2) is 71.7 Å². The molecule has 0 bridgehead atoms. The Hall–Kier alpha value is -6.30. The minimum Gasteiger partial charge on any atom is -0.409 e. The maximum absolute atomic E-state index is 13.7. The molecule has 4 aromatic carbocycles. The van der Waals surface area contributed by atoms with Crippen molar-refractivity contribution in [3.8, 4) is 11.5 Å². The number of nitrogens with zero attached hydrogens (tertiary/aromatic N) is 2. The normalized spacial score (nSPS) is 10.6. The molecule has 258 valence electrons. The van der Waals surface area contributed by atoms with Gasteiger partial charge in [0.1, 0.15) is 11.5 Å². The van der Waals surface area contributed by atoms with Gasteiger partial charge in [0.15, 0.2) is 11.6 Å². The van der Waals surface area contributed by atoms with Crippen LogP contribution in [0.25, 0.3) is 0 Å². The first-order valence-electron chi connectivity index (χ1n) is 15.6. The lowest BCUT2D eigenvalue weighted by Crippen LogP contribution is -2.35. The number of carbonyl (C=O) groups is 6. The van der Waals surface area contributed by atoms with Crippen LogP contribution >= 0.6 is 0 Å². The molecule has 12 heteroatoms. The largest absolute Gasteiger partial charge is 0.415 e. The van der Waals surface area contributed by atoms with E-state index in [1.165, 1.54) is 82.6 Å². The number of hydrogen-bond acceptors (Lipinski definition) is 10. The zero-order valence-electron chi connectivity index (χ0n) is 28.4. The van der Waals surface area contributed by atoms with Crippen molar-refractivity contribution in [3.05, 3.63) is 130 Å². The molecule has 4 aromatic rings. The van der Waals surface area contributed by atoms with Gasteiger partial charge in [-0.1, -0.05) is 60.7 Å². The first kappa shape index (κ1) is 36.5. The van der Waals surface area contributed by atoms with Gasteiger partial charge in [-0.2, -0.15) is 0 Å². The molecule has 0 unspecified atom stereocenters. The van der Waals surface area contributed by atoms with Crippen LogP contribution in [0.15, 0.2) is 97.1 Å². The maximum atomic E-state index is 13.7. The Morgan fingerprint density at radius 2 is 0.720 bits per heavy atom. The van der Waals surface area contributed by atoms with Crippen molar-refractivity contribution in [2.75, 3.05) is 14.1 Å². The number of hydrogen-bond donors (Lipinski definition) is 0. The van der Waals surface area contributed by atoms with E-state index in [0.717, 1.165) is 0 Å². The van der Waals surface area contributed by atoms with Crippen LogP contribution in [0.2, 0.25) is 0 Å². The minimum atomic E-state index is -1.17. The highest BCUT2D eigenvalue weighted by Gasteiger charge is 2.27. The number of carbonyl (C=O) groups excluding carboxylic acids is 6. The molecule has 0 fully saturated rings. The molecule has 0 saturated carbocycles. The molecule has 0 saturated heterocycles. The third-order valence-corrected chi connectivity index (χ3v) is 7.76. The lowest BCUT2D eigenvalue weighted by molar-refractivity contribution is -0.187. The second kappa shape index (κ2) is 16.2. The van der Waals surface area contributed by atoms with E-state index in [9.17, 15) is 28.8 Å². The van der Waals surface area contributed by atoms with Crippen LogP contribution in [0.5, 0.6) is 11.5 Å². The van der Waals surface area contributed by atoms with Gasteiger partial charge in [0, 0.05) is 37.3 Å². The van der Waals surface area contributed by atoms with Crippen LogP contribution in [0.3, 0.4) is 0 Å². The third-order valence-electron chi connectivity index (χ3n) is 7.76. The number of ether oxygens (including phenoxy) is 2. The van der Waals surface area contributed by atoms with Gasteiger partial charge in [0.05, 0.1) is 22.3 Å². The summed E-state index contributed by atoms with van der Waals surface area (Å²) < 4.78 is 10.9.